The summed E-state index contributed by atoms with van der Waals surface area (Å²) in [6.45, 7) is 1.62. The van der Waals surface area contributed by atoms with E-state index in [1.807, 2.05) is 6.07 Å². The summed E-state index contributed by atoms with van der Waals surface area (Å²) in [5.41, 5.74) is 0.725. The van der Waals surface area contributed by atoms with Crippen LogP contribution in [0.3, 0.4) is 0 Å². The molecule has 0 atom stereocenters. The summed E-state index contributed by atoms with van der Waals surface area (Å²) < 4.78 is 27.7. The van der Waals surface area contributed by atoms with Crippen molar-refractivity contribution in [2.75, 3.05) is 28.1 Å². The third-order valence-corrected chi connectivity index (χ3v) is 5.06. The number of rotatable bonds is 7. The zero-order valence-electron chi connectivity index (χ0n) is 15.3. The topological polar surface area (TPSA) is 63.2 Å². The van der Waals surface area contributed by atoms with Gasteiger partial charge in [0.25, 0.3) is 0 Å². The predicted octanol–water partition coefficient (Wildman–Crippen LogP) is 4.16. The molecule has 0 aliphatic carbocycles. The highest BCUT2D eigenvalue weighted by molar-refractivity contribution is 14.1. The van der Waals surface area contributed by atoms with E-state index in [4.69, 9.17) is 35.3 Å². The van der Waals surface area contributed by atoms with Crippen molar-refractivity contribution in [2.45, 2.75) is 13.5 Å². The number of carbonyl (C=O) groups excluding carboxylic acids is 1. The highest BCUT2D eigenvalue weighted by Crippen LogP contribution is 2.47. The zero-order chi connectivity index (χ0) is 20.0. The van der Waals surface area contributed by atoms with Crippen LogP contribution in [0.2, 0.25) is 5.02 Å². The first-order valence-electron chi connectivity index (χ1n) is 7.75. The molecule has 2 aromatic rings. The standard InChI is InChI=1S/C19H18ClIO6/c1-5-6-15(22)26-9-11-7-12-14(24-3)8-13(20)18(25-4)16(12)19(17(11)21)27-10-23-2/h7-8H,9-10H2,1-4H3. The maximum absolute atomic E-state index is 11.6. The number of methoxy groups -OCH3 is 3. The lowest BCUT2D eigenvalue weighted by atomic mass is 10.0. The highest BCUT2D eigenvalue weighted by atomic mass is 127. The number of benzene rings is 2. The summed E-state index contributed by atoms with van der Waals surface area (Å²) in [6, 6.07) is 3.51. The molecule has 0 spiro atoms. The number of hydrogen-bond donors (Lipinski definition) is 0. The van der Waals surface area contributed by atoms with Crippen molar-refractivity contribution >= 4 is 50.9 Å². The maximum Gasteiger partial charge on any atom is 0.384 e. The molecule has 0 aromatic heterocycles. The van der Waals surface area contributed by atoms with Crippen LogP contribution in [0.15, 0.2) is 12.1 Å². The summed E-state index contributed by atoms with van der Waals surface area (Å²) in [6.07, 6.45) is 0. The van der Waals surface area contributed by atoms with Crippen molar-refractivity contribution in [3.63, 3.8) is 0 Å². The van der Waals surface area contributed by atoms with Crippen LogP contribution in [0.25, 0.3) is 10.8 Å². The Balaban J connectivity index is 2.71. The van der Waals surface area contributed by atoms with Gasteiger partial charge in [-0.15, -0.1) is 0 Å². The van der Waals surface area contributed by atoms with Gasteiger partial charge in [0, 0.05) is 30.0 Å². The second-order valence-corrected chi connectivity index (χ2v) is 6.68. The van der Waals surface area contributed by atoms with Gasteiger partial charge in [-0.3, -0.25) is 0 Å². The first kappa shape index (κ1) is 21.4. The molecule has 0 amide bonds. The lowest BCUT2D eigenvalue weighted by Gasteiger charge is -2.19. The third kappa shape index (κ3) is 4.69. The summed E-state index contributed by atoms with van der Waals surface area (Å²) in [7, 11) is 4.59. The summed E-state index contributed by atoms with van der Waals surface area (Å²) in [5.74, 6) is 5.74. The molecule has 0 aliphatic rings. The van der Waals surface area contributed by atoms with E-state index in [2.05, 4.69) is 34.4 Å². The van der Waals surface area contributed by atoms with E-state index < -0.39 is 5.97 Å². The van der Waals surface area contributed by atoms with Gasteiger partial charge in [0.1, 0.15) is 23.9 Å². The van der Waals surface area contributed by atoms with Gasteiger partial charge in [-0.25, -0.2) is 4.79 Å². The van der Waals surface area contributed by atoms with Gasteiger partial charge in [-0.2, -0.15) is 0 Å². The van der Waals surface area contributed by atoms with E-state index in [9.17, 15) is 4.79 Å². The molecule has 27 heavy (non-hydrogen) atoms. The van der Waals surface area contributed by atoms with Crippen LogP contribution in [0.4, 0.5) is 0 Å². The second-order valence-electron chi connectivity index (χ2n) is 5.20. The van der Waals surface area contributed by atoms with Crippen molar-refractivity contribution in [1.82, 2.24) is 0 Å². The van der Waals surface area contributed by atoms with Crippen LogP contribution in [-0.2, 0) is 20.9 Å². The van der Waals surface area contributed by atoms with E-state index in [1.54, 1.807) is 20.1 Å². The van der Waals surface area contributed by atoms with E-state index in [0.717, 1.165) is 9.13 Å². The number of ether oxygens (including phenoxy) is 5. The Morgan fingerprint density at radius 3 is 2.52 bits per heavy atom. The van der Waals surface area contributed by atoms with Gasteiger partial charge >= 0.3 is 5.97 Å². The van der Waals surface area contributed by atoms with Gasteiger partial charge in [0.15, 0.2) is 6.79 Å². The zero-order valence-corrected chi connectivity index (χ0v) is 18.2. The smallest absolute Gasteiger partial charge is 0.384 e. The Morgan fingerprint density at radius 1 is 1.19 bits per heavy atom. The Kier molecular flexibility index (Phi) is 7.83. The Bertz CT molecular complexity index is 916. The molecule has 0 heterocycles. The molecular weight excluding hydrogens is 487 g/mol. The fourth-order valence-corrected chi connectivity index (χ4v) is 3.50. The molecule has 0 saturated heterocycles. The summed E-state index contributed by atoms with van der Waals surface area (Å²) >= 11 is 8.46. The van der Waals surface area contributed by atoms with Crippen molar-refractivity contribution in [3.05, 3.63) is 26.3 Å². The monoisotopic (exact) mass is 504 g/mol. The van der Waals surface area contributed by atoms with Crippen molar-refractivity contribution in [1.29, 1.82) is 0 Å². The van der Waals surface area contributed by atoms with Crippen LogP contribution >= 0.6 is 34.2 Å². The van der Waals surface area contributed by atoms with Gasteiger partial charge in [0.05, 0.1) is 28.2 Å². The summed E-state index contributed by atoms with van der Waals surface area (Å²) in [5, 5.41) is 1.74. The highest BCUT2D eigenvalue weighted by Gasteiger charge is 2.22. The lowest BCUT2D eigenvalue weighted by molar-refractivity contribution is -0.137. The Hall–Kier alpha value is -1.89. The fraction of sp³-hybridized carbons (Fsp3) is 0.316. The van der Waals surface area contributed by atoms with Gasteiger partial charge in [-0.1, -0.05) is 17.5 Å². The Morgan fingerprint density at radius 2 is 1.93 bits per heavy atom. The molecule has 2 aromatic carbocycles. The molecule has 0 N–H and O–H groups in total. The first-order valence-corrected chi connectivity index (χ1v) is 9.20. The third-order valence-electron chi connectivity index (χ3n) is 3.59. The van der Waals surface area contributed by atoms with Crippen LogP contribution < -0.4 is 14.2 Å². The van der Waals surface area contributed by atoms with E-state index in [1.165, 1.54) is 14.2 Å². The van der Waals surface area contributed by atoms with Crippen LogP contribution in [-0.4, -0.2) is 34.1 Å². The number of halogens is 2. The molecule has 0 radical (unpaired) electrons. The van der Waals surface area contributed by atoms with E-state index >= 15 is 0 Å². The molecule has 0 saturated carbocycles. The van der Waals surface area contributed by atoms with Gasteiger partial charge < -0.3 is 23.7 Å². The number of carbonyl (C=O) groups is 1. The minimum atomic E-state index is -0.603. The minimum absolute atomic E-state index is 0.0215. The molecule has 144 valence electrons. The van der Waals surface area contributed by atoms with Gasteiger partial charge in [0.2, 0.25) is 0 Å². The second kappa shape index (κ2) is 9.88. The molecule has 0 fully saturated rings. The number of esters is 1. The Labute approximate surface area is 176 Å². The molecule has 0 unspecified atom stereocenters. The number of fused-ring (bicyclic) bond motifs is 1. The van der Waals surface area contributed by atoms with Crippen molar-refractivity contribution in [3.8, 4) is 29.1 Å². The molecular formula is C19H18ClIO6. The average molecular weight is 505 g/mol. The SMILES string of the molecule is CC#CC(=O)OCc1cc2c(OC)cc(Cl)c(OC)c2c(OCOC)c1I. The van der Waals surface area contributed by atoms with Crippen molar-refractivity contribution in [2.24, 2.45) is 0 Å². The first-order chi connectivity index (χ1) is 13.0. The van der Waals surface area contributed by atoms with Crippen LogP contribution in [0.1, 0.15) is 12.5 Å². The van der Waals surface area contributed by atoms with Crippen molar-refractivity contribution < 1.29 is 28.5 Å². The average Bonchev–Trinajstić information content (AvgIpc) is 2.65. The fourth-order valence-electron chi connectivity index (χ4n) is 2.49. The predicted molar refractivity (Wildman–Crippen MR) is 111 cm³/mol. The molecule has 0 aliphatic heterocycles. The van der Waals surface area contributed by atoms with E-state index in [-0.39, 0.29) is 13.4 Å². The van der Waals surface area contributed by atoms with Crippen LogP contribution in [0, 0.1) is 15.4 Å². The molecule has 0 bridgehead atoms. The minimum Gasteiger partial charge on any atom is -0.496 e. The maximum atomic E-state index is 11.6. The molecule has 8 heteroatoms. The van der Waals surface area contributed by atoms with E-state index in [0.29, 0.717) is 33.0 Å². The molecule has 2 rings (SSSR count). The normalized spacial score (nSPS) is 10.1. The quantitative estimate of drug-likeness (QED) is 0.185. The molecule has 6 nitrogen and oxygen atoms in total. The lowest BCUT2D eigenvalue weighted by Crippen LogP contribution is -2.07. The summed E-state index contributed by atoms with van der Waals surface area (Å²) in [4.78, 5) is 11.6. The van der Waals surface area contributed by atoms with Crippen LogP contribution in [0.5, 0.6) is 17.2 Å². The largest absolute Gasteiger partial charge is 0.496 e. The van der Waals surface area contributed by atoms with Gasteiger partial charge in [-0.05, 0) is 35.6 Å². The number of hydrogen-bond acceptors (Lipinski definition) is 6.